The summed E-state index contributed by atoms with van der Waals surface area (Å²) in [7, 11) is 1.85. The summed E-state index contributed by atoms with van der Waals surface area (Å²) in [5.74, 6) is 0.221. The Labute approximate surface area is 103 Å². The Morgan fingerprint density at radius 1 is 1.53 bits per heavy atom. The quantitative estimate of drug-likeness (QED) is 0.755. The van der Waals surface area contributed by atoms with E-state index in [-0.39, 0.29) is 24.7 Å². The third-order valence-electron chi connectivity index (χ3n) is 3.01. The normalized spacial score (nSPS) is 25.8. The molecule has 1 aliphatic rings. The van der Waals surface area contributed by atoms with Crippen molar-refractivity contribution in [1.29, 1.82) is 0 Å². The maximum absolute atomic E-state index is 11.9. The monoisotopic (exact) mass is 244 g/mol. The molecule has 1 fully saturated rings. The highest BCUT2D eigenvalue weighted by Gasteiger charge is 2.32. The molecule has 0 radical (unpaired) electrons. The molecule has 0 spiro atoms. The third kappa shape index (κ3) is 4.16. The summed E-state index contributed by atoms with van der Waals surface area (Å²) in [4.78, 5) is 13.6. The van der Waals surface area contributed by atoms with Crippen LogP contribution in [0.15, 0.2) is 0 Å². The molecule has 1 amide bonds. The molecule has 1 heterocycles. The Morgan fingerprint density at radius 3 is 2.65 bits per heavy atom. The predicted octanol–water partition coefficient (Wildman–Crippen LogP) is 0.824. The lowest BCUT2D eigenvalue weighted by molar-refractivity contribution is 0.0106. The first-order valence-corrected chi connectivity index (χ1v) is 6.13. The Morgan fingerprint density at radius 2 is 2.18 bits per heavy atom. The molecular weight excluding hydrogens is 220 g/mol. The van der Waals surface area contributed by atoms with Gasteiger partial charge in [0.2, 0.25) is 0 Å². The Bertz CT molecular complexity index is 263. The molecule has 2 unspecified atom stereocenters. The van der Waals surface area contributed by atoms with Gasteiger partial charge < -0.3 is 20.1 Å². The summed E-state index contributed by atoms with van der Waals surface area (Å²) in [5.41, 5.74) is -0.458. The van der Waals surface area contributed by atoms with Crippen molar-refractivity contribution in [3.8, 4) is 0 Å². The maximum Gasteiger partial charge on any atom is 0.410 e. The minimum absolute atomic E-state index is 0.140. The van der Waals surface area contributed by atoms with E-state index in [0.29, 0.717) is 13.1 Å². The van der Waals surface area contributed by atoms with Crippen LogP contribution in [0.5, 0.6) is 0 Å². The molecule has 0 aliphatic carbocycles. The number of amides is 1. The molecule has 1 aliphatic heterocycles. The number of likely N-dealkylation sites (N-methyl/N-ethyl adjacent to an activating group) is 1. The number of piperidine rings is 1. The number of hydrogen-bond donors (Lipinski definition) is 2. The maximum atomic E-state index is 11.9. The SMILES string of the molecule is CNC1CN(C(=O)OC(C)(C)C)CCC1CO. The van der Waals surface area contributed by atoms with Gasteiger partial charge in [0, 0.05) is 31.7 Å². The standard InChI is InChI=1S/C12H24N2O3/c1-12(2,3)17-11(16)14-6-5-9(8-15)10(7-14)13-4/h9-10,13,15H,5-8H2,1-4H3. The number of nitrogens with zero attached hydrogens (tertiary/aromatic N) is 1. The second-order valence-corrected chi connectivity index (χ2v) is 5.55. The van der Waals surface area contributed by atoms with Gasteiger partial charge in [-0.25, -0.2) is 4.79 Å². The van der Waals surface area contributed by atoms with Gasteiger partial charge in [0.15, 0.2) is 0 Å². The fraction of sp³-hybridized carbons (Fsp3) is 0.917. The Kier molecular flexibility index (Phi) is 4.77. The first-order valence-electron chi connectivity index (χ1n) is 6.13. The summed E-state index contributed by atoms with van der Waals surface area (Å²) < 4.78 is 5.34. The summed E-state index contributed by atoms with van der Waals surface area (Å²) >= 11 is 0. The lowest BCUT2D eigenvalue weighted by Crippen LogP contribution is -2.53. The number of ether oxygens (including phenoxy) is 1. The van der Waals surface area contributed by atoms with Crippen LogP contribution in [-0.2, 0) is 4.74 Å². The topological polar surface area (TPSA) is 61.8 Å². The van der Waals surface area contributed by atoms with E-state index in [2.05, 4.69) is 5.32 Å². The van der Waals surface area contributed by atoms with Crippen molar-refractivity contribution >= 4 is 6.09 Å². The zero-order valence-electron chi connectivity index (χ0n) is 11.2. The second kappa shape index (κ2) is 5.69. The van der Waals surface area contributed by atoms with Crippen LogP contribution in [0.2, 0.25) is 0 Å². The summed E-state index contributed by atoms with van der Waals surface area (Å²) in [6.45, 7) is 6.99. The van der Waals surface area contributed by atoms with Crippen LogP contribution in [0.3, 0.4) is 0 Å². The van der Waals surface area contributed by atoms with Crippen molar-refractivity contribution in [2.24, 2.45) is 5.92 Å². The third-order valence-corrected chi connectivity index (χ3v) is 3.01. The largest absolute Gasteiger partial charge is 0.444 e. The van der Waals surface area contributed by atoms with Crippen LogP contribution < -0.4 is 5.32 Å². The van der Waals surface area contributed by atoms with E-state index in [4.69, 9.17) is 4.74 Å². The van der Waals surface area contributed by atoms with E-state index in [9.17, 15) is 9.90 Å². The molecule has 0 aromatic heterocycles. The number of nitrogens with one attached hydrogen (secondary N) is 1. The van der Waals surface area contributed by atoms with Crippen molar-refractivity contribution in [3.05, 3.63) is 0 Å². The lowest BCUT2D eigenvalue weighted by atomic mass is 9.93. The van der Waals surface area contributed by atoms with Crippen LogP contribution in [0.4, 0.5) is 4.79 Å². The molecule has 5 heteroatoms. The second-order valence-electron chi connectivity index (χ2n) is 5.55. The van der Waals surface area contributed by atoms with Gasteiger partial charge in [0.1, 0.15) is 5.60 Å². The average molecular weight is 244 g/mol. The summed E-state index contributed by atoms with van der Waals surface area (Å²) in [6.07, 6.45) is 0.537. The van der Waals surface area contributed by atoms with E-state index in [1.807, 2.05) is 27.8 Å². The van der Waals surface area contributed by atoms with Crippen molar-refractivity contribution < 1.29 is 14.6 Å². The zero-order chi connectivity index (χ0) is 13.1. The molecule has 5 nitrogen and oxygen atoms in total. The molecule has 0 saturated carbocycles. The van der Waals surface area contributed by atoms with Crippen molar-refractivity contribution in [2.75, 3.05) is 26.7 Å². The molecule has 2 N–H and O–H groups in total. The zero-order valence-corrected chi connectivity index (χ0v) is 11.2. The first kappa shape index (κ1) is 14.3. The number of rotatable bonds is 2. The van der Waals surface area contributed by atoms with Gasteiger partial charge in [-0.05, 0) is 34.2 Å². The van der Waals surface area contributed by atoms with E-state index < -0.39 is 5.60 Å². The van der Waals surface area contributed by atoms with Crippen LogP contribution in [0.1, 0.15) is 27.2 Å². The van der Waals surface area contributed by atoms with Gasteiger partial charge in [0.25, 0.3) is 0 Å². The molecule has 17 heavy (non-hydrogen) atoms. The summed E-state index contributed by atoms with van der Waals surface area (Å²) in [6, 6.07) is 0.140. The fourth-order valence-corrected chi connectivity index (χ4v) is 2.04. The highest BCUT2D eigenvalue weighted by atomic mass is 16.6. The van der Waals surface area contributed by atoms with Gasteiger partial charge in [-0.15, -0.1) is 0 Å². The van der Waals surface area contributed by atoms with Crippen LogP contribution in [0.25, 0.3) is 0 Å². The number of likely N-dealkylation sites (tertiary alicyclic amines) is 1. The number of aliphatic hydroxyl groups is 1. The van der Waals surface area contributed by atoms with E-state index in [1.54, 1.807) is 4.90 Å². The number of aliphatic hydroxyl groups excluding tert-OH is 1. The van der Waals surface area contributed by atoms with Crippen molar-refractivity contribution in [3.63, 3.8) is 0 Å². The van der Waals surface area contributed by atoms with Gasteiger partial charge in [-0.1, -0.05) is 0 Å². The molecule has 1 rings (SSSR count). The van der Waals surface area contributed by atoms with Crippen LogP contribution in [0, 0.1) is 5.92 Å². The number of carbonyl (C=O) groups is 1. The van der Waals surface area contributed by atoms with Crippen molar-refractivity contribution in [1.82, 2.24) is 10.2 Å². The molecule has 0 aromatic carbocycles. The van der Waals surface area contributed by atoms with E-state index in [0.717, 1.165) is 6.42 Å². The first-order chi connectivity index (χ1) is 7.87. The van der Waals surface area contributed by atoms with Crippen LogP contribution >= 0.6 is 0 Å². The van der Waals surface area contributed by atoms with Gasteiger partial charge in [0.05, 0.1) is 0 Å². The highest BCUT2D eigenvalue weighted by molar-refractivity contribution is 5.68. The number of hydrogen-bond acceptors (Lipinski definition) is 4. The minimum Gasteiger partial charge on any atom is -0.444 e. The number of carbonyl (C=O) groups excluding carboxylic acids is 1. The summed E-state index contributed by atoms with van der Waals surface area (Å²) in [5, 5.41) is 12.4. The van der Waals surface area contributed by atoms with E-state index in [1.165, 1.54) is 0 Å². The predicted molar refractivity (Wildman–Crippen MR) is 65.8 cm³/mol. The molecule has 100 valence electrons. The molecule has 2 atom stereocenters. The van der Waals surface area contributed by atoms with E-state index >= 15 is 0 Å². The molecular formula is C12H24N2O3. The minimum atomic E-state index is -0.458. The Balaban J connectivity index is 2.54. The lowest BCUT2D eigenvalue weighted by Gasteiger charge is -2.38. The Hall–Kier alpha value is -0.810. The van der Waals surface area contributed by atoms with Gasteiger partial charge >= 0.3 is 6.09 Å². The highest BCUT2D eigenvalue weighted by Crippen LogP contribution is 2.19. The van der Waals surface area contributed by atoms with Crippen LogP contribution in [-0.4, -0.2) is 54.5 Å². The van der Waals surface area contributed by atoms with Gasteiger partial charge in [-0.2, -0.15) is 0 Å². The molecule has 1 saturated heterocycles. The average Bonchev–Trinajstić information content (AvgIpc) is 2.25. The molecule has 0 bridgehead atoms. The molecule has 0 aromatic rings. The fourth-order valence-electron chi connectivity index (χ4n) is 2.04. The smallest absolute Gasteiger partial charge is 0.410 e. The van der Waals surface area contributed by atoms with Gasteiger partial charge in [-0.3, -0.25) is 0 Å². The van der Waals surface area contributed by atoms with Crippen molar-refractivity contribution in [2.45, 2.75) is 38.8 Å².